The van der Waals surface area contributed by atoms with Gasteiger partial charge in [0.1, 0.15) is 5.82 Å². The Morgan fingerprint density at radius 3 is 2.38 bits per heavy atom. The molecule has 2 aromatic rings. The minimum atomic E-state index is 0.259. The first-order valence-electron chi connectivity index (χ1n) is 9.76. The lowest BCUT2D eigenvalue weighted by atomic mass is 10.0. The number of fused-ring (bicyclic) bond motifs is 1. The van der Waals surface area contributed by atoms with Crippen LogP contribution in [0.5, 0.6) is 0 Å². The van der Waals surface area contributed by atoms with E-state index in [-0.39, 0.29) is 5.54 Å². The second kappa shape index (κ2) is 6.80. The van der Waals surface area contributed by atoms with Crippen LogP contribution in [0.25, 0.3) is 11.4 Å². The SMILES string of the molecule is Cn1c(-c2ccccc2)nc2c1C(N1CCN(C(C)(C)C)CC1)CNC2. The summed E-state index contributed by atoms with van der Waals surface area (Å²) in [4.78, 5) is 10.2. The van der Waals surface area contributed by atoms with E-state index in [1.807, 2.05) is 0 Å². The Morgan fingerprint density at radius 2 is 1.73 bits per heavy atom. The number of hydrogen-bond acceptors (Lipinski definition) is 4. The summed E-state index contributed by atoms with van der Waals surface area (Å²) in [6.07, 6.45) is 0. The number of benzene rings is 1. The molecule has 1 aromatic carbocycles. The van der Waals surface area contributed by atoms with Gasteiger partial charge in [-0.3, -0.25) is 9.80 Å². The highest BCUT2D eigenvalue weighted by Gasteiger charge is 2.34. The molecule has 1 aromatic heterocycles. The number of imidazole rings is 1. The molecular formula is C21H31N5. The predicted octanol–water partition coefficient (Wildman–Crippen LogP) is 2.65. The Kier molecular flexibility index (Phi) is 4.63. The summed E-state index contributed by atoms with van der Waals surface area (Å²) in [6.45, 7) is 13.3. The molecule has 1 saturated heterocycles. The summed E-state index contributed by atoms with van der Waals surface area (Å²) in [6, 6.07) is 11.0. The molecule has 4 rings (SSSR count). The maximum Gasteiger partial charge on any atom is 0.140 e. The van der Waals surface area contributed by atoms with E-state index in [2.05, 4.69) is 77.8 Å². The van der Waals surface area contributed by atoms with Crippen molar-refractivity contribution >= 4 is 0 Å². The van der Waals surface area contributed by atoms with Crippen molar-refractivity contribution in [2.24, 2.45) is 7.05 Å². The van der Waals surface area contributed by atoms with Crippen LogP contribution in [-0.2, 0) is 13.6 Å². The first-order valence-corrected chi connectivity index (χ1v) is 9.76. The number of nitrogens with zero attached hydrogens (tertiary/aromatic N) is 4. The Hall–Kier alpha value is -1.69. The zero-order chi connectivity index (χ0) is 18.3. The molecule has 0 bridgehead atoms. The highest BCUT2D eigenvalue weighted by Crippen LogP contribution is 2.32. The number of hydrogen-bond donors (Lipinski definition) is 1. The molecule has 1 atom stereocenters. The van der Waals surface area contributed by atoms with Gasteiger partial charge in [-0.05, 0) is 20.8 Å². The average Bonchev–Trinajstić information content (AvgIpc) is 2.99. The lowest BCUT2D eigenvalue weighted by Crippen LogP contribution is -2.55. The summed E-state index contributed by atoms with van der Waals surface area (Å²) < 4.78 is 2.33. The molecule has 0 aliphatic carbocycles. The van der Waals surface area contributed by atoms with E-state index in [1.54, 1.807) is 0 Å². The van der Waals surface area contributed by atoms with E-state index in [9.17, 15) is 0 Å². The largest absolute Gasteiger partial charge is 0.329 e. The minimum Gasteiger partial charge on any atom is -0.329 e. The lowest BCUT2D eigenvalue weighted by molar-refractivity contribution is 0.0382. The van der Waals surface area contributed by atoms with Gasteiger partial charge in [-0.25, -0.2) is 4.98 Å². The van der Waals surface area contributed by atoms with Crippen molar-refractivity contribution in [3.05, 3.63) is 41.7 Å². The smallest absolute Gasteiger partial charge is 0.140 e. The van der Waals surface area contributed by atoms with Crippen LogP contribution in [0, 0.1) is 0 Å². The van der Waals surface area contributed by atoms with E-state index in [1.165, 1.54) is 17.0 Å². The van der Waals surface area contributed by atoms with Gasteiger partial charge >= 0.3 is 0 Å². The number of piperazine rings is 1. The van der Waals surface area contributed by atoms with Crippen LogP contribution in [-0.4, -0.2) is 57.6 Å². The Labute approximate surface area is 157 Å². The van der Waals surface area contributed by atoms with Gasteiger partial charge in [0.15, 0.2) is 0 Å². The van der Waals surface area contributed by atoms with Gasteiger partial charge in [-0.15, -0.1) is 0 Å². The molecule has 0 radical (unpaired) electrons. The van der Waals surface area contributed by atoms with Gasteiger partial charge in [0.25, 0.3) is 0 Å². The fourth-order valence-corrected chi connectivity index (χ4v) is 4.39. The molecule has 0 spiro atoms. The van der Waals surface area contributed by atoms with Gasteiger partial charge in [0, 0.05) is 57.4 Å². The zero-order valence-corrected chi connectivity index (χ0v) is 16.5. The second-order valence-corrected chi connectivity index (χ2v) is 8.53. The maximum atomic E-state index is 4.98. The first-order chi connectivity index (χ1) is 12.4. The summed E-state index contributed by atoms with van der Waals surface area (Å²) in [5, 5.41) is 3.59. The Bertz CT molecular complexity index is 751. The minimum absolute atomic E-state index is 0.259. The Balaban J connectivity index is 1.59. The van der Waals surface area contributed by atoms with E-state index in [0.717, 1.165) is 45.1 Å². The van der Waals surface area contributed by atoms with Crippen molar-refractivity contribution in [1.29, 1.82) is 0 Å². The van der Waals surface area contributed by atoms with Crippen LogP contribution in [0.3, 0.4) is 0 Å². The fraction of sp³-hybridized carbons (Fsp3) is 0.571. The van der Waals surface area contributed by atoms with Crippen LogP contribution in [0.1, 0.15) is 38.2 Å². The van der Waals surface area contributed by atoms with Gasteiger partial charge < -0.3 is 9.88 Å². The van der Waals surface area contributed by atoms with Gasteiger partial charge in [0.2, 0.25) is 0 Å². The molecule has 1 fully saturated rings. The van der Waals surface area contributed by atoms with Crippen LogP contribution >= 0.6 is 0 Å². The Morgan fingerprint density at radius 1 is 1.04 bits per heavy atom. The van der Waals surface area contributed by atoms with Crippen molar-refractivity contribution in [2.75, 3.05) is 32.7 Å². The van der Waals surface area contributed by atoms with Crippen molar-refractivity contribution in [3.8, 4) is 11.4 Å². The van der Waals surface area contributed by atoms with Crippen LogP contribution in [0.15, 0.2) is 30.3 Å². The van der Waals surface area contributed by atoms with Gasteiger partial charge in [-0.1, -0.05) is 30.3 Å². The molecule has 140 valence electrons. The number of aromatic nitrogens is 2. The van der Waals surface area contributed by atoms with Gasteiger partial charge in [-0.2, -0.15) is 0 Å². The third-order valence-electron chi connectivity index (χ3n) is 5.90. The van der Waals surface area contributed by atoms with E-state index < -0.39 is 0 Å². The quantitative estimate of drug-likeness (QED) is 0.900. The van der Waals surface area contributed by atoms with E-state index in [4.69, 9.17) is 4.98 Å². The van der Waals surface area contributed by atoms with Crippen molar-refractivity contribution in [3.63, 3.8) is 0 Å². The molecule has 3 heterocycles. The monoisotopic (exact) mass is 353 g/mol. The standard InChI is InChI=1S/C21H31N5/c1-21(2,3)26-12-10-25(11-13-26)18-15-22-14-17-19(18)24(4)20(23-17)16-8-6-5-7-9-16/h5-9,18,22H,10-15H2,1-4H3. The first kappa shape index (κ1) is 17.7. The topological polar surface area (TPSA) is 36.3 Å². The van der Waals surface area contributed by atoms with Crippen molar-refractivity contribution < 1.29 is 0 Å². The van der Waals surface area contributed by atoms with E-state index >= 15 is 0 Å². The summed E-state index contributed by atoms with van der Waals surface area (Å²) >= 11 is 0. The normalized spacial score (nSPS) is 22.4. The van der Waals surface area contributed by atoms with E-state index in [0.29, 0.717) is 6.04 Å². The molecule has 5 heteroatoms. The molecule has 26 heavy (non-hydrogen) atoms. The molecule has 1 N–H and O–H groups in total. The third kappa shape index (κ3) is 3.20. The summed E-state index contributed by atoms with van der Waals surface area (Å²) in [5.74, 6) is 1.08. The molecule has 1 unspecified atom stereocenters. The second-order valence-electron chi connectivity index (χ2n) is 8.53. The zero-order valence-electron chi connectivity index (χ0n) is 16.5. The van der Waals surface area contributed by atoms with Crippen LogP contribution in [0.4, 0.5) is 0 Å². The third-order valence-corrected chi connectivity index (χ3v) is 5.90. The molecule has 2 aliphatic heterocycles. The van der Waals surface area contributed by atoms with Crippen molar-refractivity contribution in [1.82, 2.24) is 24.7 Å². The lowest BCUT2D eigenvalue weighted by Gasteiger charge is -2.45. The highest BCUT2D eigenvalue weighted by atomic mass is 15.3. The molecule has 0 amide bonds. The molecule has 5 nitrogen and oxygen atoms in total. The number of nitrogens with one attached hydrogen (secondary N) is 1. The van der Waals surface area contributed by atoms with Crippen molar-refractivity contribution in [2.45, 2.75) is 38.9 Å². The fourth-order valence-electron chi connectivity index (χ4n) is 4.39. The predicted molar refractivity (Wildman–Crippen MR) is 106 cm³/mol. The maximum absolute atomic E-state index is 4.98. The highest BCUT2D eigenvalue weighted by molar-refractivity contribution is 5.57. The molecule has 0 saturated carbocycles. The van der Waals surface area contributed by atoms with Gasteiger partial charge in [0.05, 0.1) is 17.4 Å². The van der Waals surface area contributed by atoms with Crippen LogP contribution in [0.2, 0.25) is 0 Å². The summed E-state index contributed by atoms with van der Waals surface area (Å²) in [7, 11) is 2.18. The van der Waals surface area contributed by atoms with Crippen LogP contribution < -0.4 is 5.32 Å². The average molecular weight is 354 g/mol. The molecule has 2 aliphatic rings. The number of rotatable bonds is 2. The summed E-state index contributed by atoms with van der Waals surface area (Å²) in [5.41, 5.74) is 4.06. The molecular weight excluding hydrogens is 322 g/mol.